The van der Waals surface area contributed by atoms with Crippen LogP contribution in [0.15, 0.2) is 66.2 Å². The molecule has 1 fully saturated rings. The molecule has 1 aliphatic rings. The Morgan fingerprint density at radius 2 is 1.38 bits per heavy atom. The predicted molar refractivity (Wildman–Crippen MR) is 96.8 cm³/mol. The summed E-state index contributed by atoms with van der Waals surface area (Å²) in [4.78, 5) is 13.0. The summed E-state index contributed by atoms with van der Waals surface area (Å²) in [6.07, 6.45) is 2.22. The van der Waals surface area contributed by atoms with Gasteiger partial charge in [-0.2, -0.15) is 0 Å². The summed E-state index contributed by atoms with van der Waals surface area (Å²) in [5.41, 5.74) is 5.34. The van der Waals surface area contributed by atoms with Gasteiger partial charge in [-0.25, -0.2) is 0 Å². The van der Waals surface area contributed by atoms with Crippen LogP contribution in [0, 0.1) is 0 Å². The highest BCUT2D eigenvalue weighted by Gasteiger charge is 2.19. The van der Waals surface area contributed by atoms with Crippen LogP contribution in [0.2, 0.25) is 0 Å². The lowest BCUT2D eigenvalue weighted by Crippen LogP contribution is -2.32. The molecule has 0 aliphatic carbocycles. The molecule has 3 nitrogen and oxygen atoms in total. The zero-order valence-electron chi connectivity index (χ0n) is 13.8. The molecular formula is C21H23NO2. The molecule has 0 aromatic heterocycles. The molecule has 1 aliphatic heterocycles. The highest BCUT2D eigenvalue weighted by Crippen LogP contribution is 2.32. The number of likely N-dealkylation sites (tertiary alicyclic amines) is 1. The van der Waals surface area contributed by atoms with Gasteiger partial charge in [-0.1, -0.05) is 66.2 Å². The smallest absolute Gasteiger partial charge is 0.304 e. The van der Waals surface area contributed by atoms with Crippen molar-refractivity contribution in [2.75, 3.05) is 19.6 Å². The van der Waals surface area contributed by atoms with E-state index in [2.05, 4.69) is 53.4 Å². The van der Waals surface area contributed by atoms with E-state index in [4.69, 9.17) is 5.11 Å². The quantitative estimate of drug-likeness (QED) is 0.903. The molecule has 0 atom stereocenters. The molecular weight excluding hydrogens is 298 g/mol. The van der Waals surface area contributed by atoms with E-state index in [1.165, 1.54) is 22.3 Å². The van der Waals surface area contributed by atoms with E-state index in [1.54, 1.807) is 0 Å². The third-order valence-corrected chi connectivity index (χ3v) is 4.58. The molecule has 1 saturated heterocycles. The number of piperidine rings is 1. The molecule has 2 aromatic rings. The fourth-order valence-electron chi connectivity index (χ4n) is 3.33. The van der Waals surface area contributed by atoms with Gasteiger partial charge in [0, 0.05) is 19.6 Å². The van der Waals surface area contributed by atoms with Crippen molar-refractivity contribution in [1.29, 1.82) is 0 Å². The number of carboxylic acids is 1. The molecule has 0 radical (unpaired) electrons. The first-order valence-electron chi connectivity index (χ1n) is 8.51. The summed E-state index contributed by atoms with van der Waals surface area (Å²) in [5.74, 6) is -0.717. The Balaban J connectivity index is 1.84. The zero-order chi connectivity index (χ0) is 16.8. The molecule has 0 spiro atoms. The monoisotopic (exact) mass is 321 g/mol. The van der Waals surface area contributed by atoms with Crippen LogP contribution in [0.1, 0.15) is 30.4 Å². The number of benzene rings is 2. The number of hydrogen-bond acceptors (Lipinski definition) is 2. The fourth-order valence-corrected chi connectivity index (χ4v) is 3.33. The summed E-state index contributed by atoms with van der Waals surface area (Å²) in [7, 11) is 0. The molecule has 0 unspecified atom stereocenters. The van der Waals surface area contributed by atoms with E-state index < -0.39 is 5.97 Å². The van der Waals surface area contributed by atoms with Gasteiger partial charge in [0.2, 0.25) is 0 Å². The van der Waals surface area contributed by atoms with E-state index >= 15 is 0 Å². The first kappa shape index (κ1) is 16.5. The molecule has 24 heavy (non-hydrogen) atoms. The Morgan fingerprint density at radius 1 is 0.875 bits per heavy atom. The molecule has 0 amide bonds. The molecule has 0 saturated carbocycles. The average molecular weight is 321 g/mol. The summed E-state index contributed by atoms with van der Waals surface area (Å²) in [5, 5.41) is 8.85. The molecule has 0 bridgehead atoms. The van der Waals surface area contributed by atoms with E-state index in [9.17, 15) is 4.79 Å². The van der Waals surface area contributed by atoms with Crippen LogP contribution >= 0.6 is 0 Å². The van der Waals surface area contributed by atoms with Gasteiger partial charge >= 0.3 is 5.97 Å². The molecule has 3 heteroatoms. The SMILES string of the molecule is O=C(O)CCN1CCC(=C(c2ccccc2)c2ccccc2)CC1. The van der Waals surface area contributed by atoms with Crippen LogP contribution in [0.4, 0.5) is 0 Å². The van der Waals surface area contributed by atoms with Gasteiger partial charge in [0.15, 0.2) is 0 Å². The van der Waals surface area contributed by atoms with Crippen molar-refractivity contribution < 1.29 is 9.90 Å². The zero-order valence-corrected chi connectivity index (χ0v) is 13.8. The van der Waals surface area contributed by atoms with Gasteiger partial charge in [-0.3, -0.25) is 4.79 Å². The summed E-state index contributed by atoms with van der Waals surface area (Å²) in [6, 6.07) is 21.1. The van der Waals surface area contributed by atoms with Crippen LogP contribution in [0.3, 0.4) is 0 Å². The third-order valence-electron chi connectivity index (χ3n) is 4.58. The van der Waals surface area contributed by atoms with Gasteiger partial charge < -0.3 is 10.0 Å². The number of carboxylic acid groups (broad SMARTS) is 1. The minimum absolute atomic E-state index is 0.225. The Morgan fingerprint density at radius 3 is 1.83 bits per heavy atom. The average Bonchev–Trinajstić information content (AvgIpc) is 2.63. The second kappa shape index (κ2) is 7.93. The van der Waals surface area contributed by atoms with Crippen LogP contribution in [-0.4, -0.2) is 35.6 Å². The number of nitrogens with zero attached hydrogens (tertiary/aromatic N) is 1. The highest BCUT2D eigenvalue weighted by atomic mass is 16.4. The van der Waals surface area contributed by atoms with Crippen LogP contribution < -0.4 is 0 Å². The van der Waals surface area contributed by atoms with Crippen molar-refractivity contribution in [2.45, 2.75) is 19.3 Å². The summed E-state index contributed by atoms with van der Waals surface area (Å²) < 4.78 is 0. The largest absolute Gasteiger partial charge is 0.481 e. The van der Waals surface area contributed by atoms with Crippen LogP contribution in [0.25, 0.3) is 5.57 Å². The van der Waals surface area contributed by atoms with Crippen molar-refractivity contribution in [3.8, 4) is 0 Å². The van der Waals surface area contributed by atoms with Crippen molar-refractivity contribution in [3.63, 3.8) is 0 Å². The maximum absolute atomic E-state index is 10.7. The second-order valence-electron chi connectivity index (χ2n) is 6.20. The maximum Gasteiger partial charge on any atom is 0.304 e. The summed E-state index contributed by atoms with van der Waals surface area (Å²) >= 11 is 0. The van der Waals surface area contributed by atoms with Crippen molar-refractivity contribution >= 4 is 11.5 Å². The Bertz CT molecular complexity index is 656. The highest BCUT2D eigenvalue weighted by molar-refractivity contribution is 5.82. The summed E-state index contributed by atoms with van der Waals surface area (Å²) in [6.45, 7) is 2.52. The lowest BCUT2D eigenvalue weighted by atomic mass is 9.88. The molecule has 124 valence electrons. The minimum Gasteiger partial charge on any atom is -0.481 e. The van der Waals surface area contributed by atoms with E-state index in [1.807, 2.05) is 12.1 Å². The first-order valence-corrected chi connectivity index (χ1v) is 8.51. The number of hydrogen-bond donors (Lipinski definition) is 1. The Hall–Kier alpha value is -2.39. The van der Waals surface area contributed by atoms with Gasteiger partial charge in [-0.15, -0.1) is 0 Å². The fraction of sp³-hybridized carbons (Fsp3) is 0.286. The van der Waals surface area contributed by atoms with E-state index in [0.717, 1.165) is 25.9 Å². The van der Waals surface area contributed by atoms with Gasteiger partial charge in [0.25, 0.3) is 0 Å². The van der Waals surface area contributed by atoms with Crippen molar-refractivity contribution in [1.82, 2.24) is 4.90 Å². The third kappa shape index (κ3) is 4.12. The normalized spacial score (nSPS) is 15.2. The Kier molecular flexibility index (Phi) is 5.44. The first-order chi connectivity index (χ1) is 11.7. The van der Waals surface area contributed by atoms with Crippen LogP contribution in [0.5, 0.6) is 0 Å². The predicted octanol–water partition coefficient (Wildman–Crippen LogP) is 4.06. The number of aliphatic carboxylic acids is 1. The van der Waals surface area contributed by atoms with Crippen molar-refractivity contribution in [2.24, 2.45) is 0 Å². The lowest BCUT2D eigenvalue weighted by molar-refractivity contribution is -0.137. The number of rotatable bonds is 5. The van der Waals surface area contributed by atoms with Gasteiger partial charge in [0.05, 0.1) is 6.42 Å². The molecule has 1 N–H and O–H groups in total. The van der Waals surface area contributed by atoms with Crippen LogP contribution in [-0.2, 0) is 4.79 Å². The van der Waals surface area contributed by atoms with E-state index in [0.29, 0.717) is 6.54 Å². The molecule has 3 rings (SSSR count). The van der Waals surface area contributed by atoms with Crippen molar-refractivity contribution in [3.05, 3.63) is 77.4 Å². The molecule has 1 heterocycles. The van der Waals surface area contributed by atoms with E-state index in [-0.39, 0.29) is 6.42 Å². The molecule has 2 aromatic carbocycles. The Labute approximate surface area is 143 Å². The van der Waals surface area contributed by atoms with Gasteiger partial charge in [-0.05, 0) is 29.5 Å². The second-order valence-corrected chi connectivity index (χ2v) is 6.20. The topological polar surface area (TPSA) is 40.5 Å². The number of carbonyl (C=O) groups is 1. The lowest BCUT2D eigenvalue weighted by Gasteiger charge is -2.29. The standard InChI is InChI=1S/C21H23NO2/c23-20(24)13-16-22-14-11-19(12-15-22)21(17-7-3-1-4-8-17)18-9-5-2-6-10-18/h1-10H,11-16H2,(H,23,24). The maximum atomic E-state index is 10.7. The van der Waals surface area contributed by atoms with Gasteiger partial charge in [0.1, 0.15) is 0 Å². The minimum atomic E-state index is -0.717.